The van der Waals surface area contributed by atoms with Crippen LogP contribution in [0.2, 0.25) is 0 Å². The van der Waals surface area contributed by atoms with Crippen molar-refractivity contribution in [1.82, 2.24) is 0 Å². The van der Waals surface area contributed by atoms with E-state index in [4.69, 9.17) is 4.42 Å². The molecular formula is C34H38N4OS2. The molecule has 5 nitrogen and oxygen atoms in total. The average Bonchev–Trinajstić information content (AvgIpc) is 3.73. The van der Waals surface area contributed by atoms with Gasteiger partial charge in [-0.05, 0) is 61.1 Å². The molecule has 0 amide bonds. The summed E-state index contributed by atoms with van der Waals surface area (Å²) in [4.78, 5) is 0. The highest BCUT2D eigenvalue weighted by molar-refractivity contribution is 7.08. The second-order valence-electron chi connectivity index (χ2n) is 10.3. The van der Waals surface area contributed by atoms with Crippen molar-refractivity contribution < 1.29 is 4.42 Å². The van der Waals surface area contributed by atoms with Crippen molar-refractivity contribution in [1.29, 1.82) is 21.0 Å². The first-order chi connectivity index (χ1) is 20.1. The maximum absolute atomic E-state index is 9.48. The lowest BCUT2D eigenvalue weighted by molar-refractivity contribution is 0.509. The van der Waals surface area contributed by atoms with Crippen molar-refractivity contribution in [2.45, 2.75) is 104 Å². The molecule has 3 rings (SSSR count). The van der Waals surface area contributed by atoms with Gasteiger partial charge in [-0.25, -0.2) is 0 Å². The van der Waals surface area contributed by atoms with Gasteiger partial charge in [-0.15, -0.1) is 22.7 Å². The van der Waals surface area contributed by atoms with Gasteiger partial charge in [-0.2, -0.15) is 21.0 Å². The van der Waals surface area contributed by atoms with Crippen molar-refractivity contribution in [2.24, 2.45) is 0 Å². The summed E-state index contributed by atoms with van der Waals surface area (Å²) in [5.41, 5.74) is 3.89. The van der Waals surface area contributed by atoms with Gasteiger partial charge in [-0.3, -0.25) is 0 Å². The molecule has 0 saturated carbocycles. The Morgan fingerprint density at radius 3 is 1.32 bits per heavy atom. The van der Waals surface area contributed by atoms with Crippen LogP contribution in [-0.2, 0) is 12.8 Å². The summed E-state index contributed by atoms with van der Waals surface area (Å²) in [5, 5.41) is 37.9. The van der Waals surface area contributed by atoms with Gasteiger partial charge in [0.25, 0.3) is 0 Å². The molecule has 0 aliphatic carbocycles. The SMILES string of the molecule is CCCCCCCCc1cc(=C(C#N)C#N)s/c1=c1/cc/c(=c2/sc(=C(C#N)C#N)cc2CCCCCCCC)o1. The second-order valence-corrected chi connectivity index (χ2v) is 12.4. The molecule has 0 aliphatic rings. The Kier molecular flexibility index (Phi) is 13.4. The van der Waals surface area contributed by atoms with Crippen LogP contribution in [0.15, 0.2) is 28.7 Å². The summed E-state index contributed by atoms with van der Waals surface area (Å²) in [7, 11) is 0. The number of nitriles is 4. The quantitative estimate of drug-likeness (QED) is 0.178. The molecule has 0 unspecified atom stereocenters. The first-order valence-corrected chi connectivity index (χ1v) is 16.4. The molecule has 3 aromatic rings. The number of thiophene rings is 2. The van der Waals surface area contributed by atoms with Crippen LogP contribution >= 0.6 is 22.7 Å². The molecule has 0 spiro atoms. The molecule has 0 aliphatic heterocycles. The number of hydrogen-bond acceptors (Lipinski definition) is 7. The molecule has 0 bridgehead atoms. The van der Waals surface area contributed by atoms with Gasteiger partial charge in [0.05, 0.1) is 18.1 Å². The molecule has 0 aromatic carbocycles. The number of rotatable bonds is 14. The van der Waals surface area contributed by atoms with Crippen LogP contribution < -0.4 is 9.06 Å². The zero-order valence-electron chi connectivity index (χ0n) is 24.2. The van der Waals surface area contributed by atoms with Crippen LogP contribution in [0.4, 0.5) is 0 Å². The van der Waals surface area contributed by atoms with Crippen LogP contribution in [0, 0.1) is 65.2 Å². The van der Waals surface area contributed by atoms with Crippen LogP contribution in [-0.4, -0.2) is 0 Å². The van der Waals surface area contributed by atoms with Crippen molar-refractivity contribution in [3.63, 3.8) is 0 Å². The fraction of sp³-hybridized carbons (Fsp3) is 0.471. The summed E-state index contributed by atoms with van der Waals surface area (Å²) in [6.07, 6.45) is 16.0. The third kappa shape index (κ3) is 8.93. The summed E-state index contributed by atoms with van der Waals surface area (Å²) in [6.45, 7) is 4.43. The lowest BCUT2D eigenvalue weighted by Gasteiger charge is -2.00. The Hall–Kier alpha value is -3.62. The van der Waals surface area contributed by atoms with E-state index in [1.807, 2.05) is 48.5 Å². The third-order valence-electron chi connectivity index (χ3n) is 7.21. The monoisotopic (exact) mass is 582 g/mol. The molecule has 0 saturated heterocycles. The van der Waals surface area contributed by atoms with Crippen molar-refractivity contribution >= 4 is 33.8 Å². The maximum atomic E-state index is 9.48. The summed E-state index contributed by atoms with van der Waals surface area (Å²) in [6, 6.07) is 16.0. The van der Waals surface area contributed by atoms with Crippen LogP contribution in [0.5, 0.6) is 0 Å². The molecule has 0 atom stereocenters. The van der Waals surface area contributed by atoms with Crippen LogP contribution in [0.1, 0.15) is 102 Å². The Morgan fingerprint density at radius 1 is 0.585 bits per heavy atom. The zero-order valence-corrected chi connectivity index (χ0v) is 25.9. The summed E-state index contributed by atoms with van der Waals surface area (Å²) < 4.78 is 9.71. The van der Waals surface area contributed by atoms with E-state index in [0.29, 0.717) is 9.06 Å². The molecule has 0 fully saturated rings. The predicted molar refractivity (Wildman–Crippen MR) is 165 cm³/mol. The molecule has 0 N–H and O–H groups in total. The molecule has 7 heteroatoms. The van der Waals surface area contributed by atoms with E-state index in [1.54, 1.807) is 0 Å². The average molecular weight is 583 g/mol. The fourth-order valence-electron chi connectivity index (χ4n) is 4.94. The first-order valence-electron chi connectivity index (χ1n) is 14.8. The van der Waals surface area contributed by atoms with Gasteiger partial charge < -0.3 is 4.42 Å². The van der Waals surface area contributed by atoms with E-state index in [9.17, 15) is 21.0 Å². The number of unbranched alkanes of at least 4 members (excludes halogenated alkanes) is 10. The van der Waals surface area contributed by atoms with E-state index in [2.05, 4.69) is 13.8 Å². The first kappa shape index (κ1) is 31.9. The van der Waals surface area contributed by atoms with Crippen molar-refractivity contribution in [3.8, 4) is 24.3 Å². The largest absolute Gasteiger partial charge is 0.454 e. The highest BCUT2D eigenvalue weighted by Crippen LogP contribution is 2.18. The van der Waals surface area contributed by atoms with Gasteiger partial charge in [0.2, 0.25) is 0 Å². The van der Waals surface area contributed by atoms with Gasteiger partial charge >= 0.3 is 0 Å². The third-order valence-corrected chi connectivity index (χ3v) is 9.63. The van der Waals surface area contributed by atoms with E-state index < -0.39 is 0 Å². The molecule has 3 heterocycles. The van der Waals surface area contributed by atoms with Crippen LogP contribution in [0.25, 0.3) is 11.1 Å². The van der Waals surface area contributed by atoms with E-state index in [-0.39, 0.29) is 11.1 Å². The topological polar surface area (TPSA) is 108 Å². The maximum Gasteiger partial charge on any atom is 0.146 e. The lowest BCUT2D eigenvalue weighted by atomic mass is 10.1. The number of furan rings is 1. The molecule has 212 valence electrons. The summed E-state index contributed by atoms with van der Waals surface area (Å²) in [5.74, 6) is 0. The highest BCUT2D eigenvalue weighted by atomic mass is 32.1. The minimum atomic E-state index is 0.123. The Labute approximate surface area is 250 Å². The number of aryl methyl sites for hydroxylation is 2. The standard InChI is InChI=1S/C34H38N4OS2/c1-3-5-7-9-11-13-15-25-19-31(27(21-35)22-36)40-33(25)29-17-18-30(39-29)34-26(16-14-12-10-8-6-4-2)20-32(41-34)28(23-37)24-38/h17-20H,3-16H2,1-2H3/b33-29-,34-30-. The number of hydrogen-bond donors (Lipinski definition) is 0. The predicted octanol–water partition coefficient (Wildman–Crippen LogP) is 8.18. The normalized spacial score (nSPS) is 12.2. The van der Waals surface area contributed by atoms with Gasteiger partial charge in [0.15, 0.2) is 0 Å². The summed E-state index contributed by atoms with van der Waals surface area (Å²) >= 11 is 2.87. The minimum absolute atomic E-state index is 0.123. The molecule has 0 radical (unpaired) electrons. The Bertz CT molecular complexity index is 1620. The molecule has 41 heavy (non-hydrogen) atoms. The molecule has 3 aromatic heterocycles. The fourth-order valence-corrected chi connectivity index (χ4v) is 7.17. The molecular weight excluding hydrogens is 545 g/mol. The van der Waals surface area contributed by atoms with E-state index >= 15 is 0 Å². The van der Waals surface area contributed by atoms with Crippen molar-refractivity contribution in [3.05, 3.63) is 64.4 Å². The number of nitrogens with zero attached hydrogens (tertiary/aromatic N) is 4. The smallest absolute Gasteiger partial charge is 0.146 e. The van der Waals surface area contributed by atoms with E-state index in [1.165, 1.54) is 74.0 Å². The second kappa shape index (κ2) is 17.3. The van der Waals surface area contributed by atoms with Crippen molar-refractivity contribution in [2.75, 3.05) is 0 Å². The lowest BCUT2D eigenvalue weighted by Crippen LogP contribution is -1.95. The van der Waals surface area contributed by atoms with Gasteiger partial charge in [-0.1, -0.05) is 78.1 Å². The highest BCUT2D eigenvalue weighted by Gasteiger charge is 2.09. The van der Waals surface area contributed by atoms with Gasteiger partial charge in [0, 0.05) is 0 Å². The Morgan fingerprint density at radius 2 is 0.951 bits per heavy atom. The van der Waals surface area contributed by atoms with Gasteiger partial charge in [0.1, 0.15) is 46.3 Å². The van der Waals surface area contributed by atoms with Crippen LogP contribution in [0.3, 0.4) is 0 Å². The minimum Gasteiger partial charge on any atom is -0.454 e. The zero-order chi connectivity index (χ0) is 29.5. The Balaban J connectivity index is 2.12. The van der Waals surface area contributed by atoms with E-state index in [0.717, 1.165) is 69.5 Å².